The highest BCUT2D eigenvalue weighted by Crippen LogP contribution is 2.41. The Hall–Kier alpha value is -0.300. The topological polar surface area (TPSA) is 12.0 Å². The molecule has 0 aliphatic heterocycles. The van der Waals surface area contributed by atoms with Crippen molar-refractivity contribution in [2.24, 2.45) is 11.8 Å². The summed E-state index contributed by atoms with van der Waals surface area (Å²) >= 11 is 0. The summed E-state index contributed by atoms with van der Waals surface area (Å²) in [4.78, 5) is 0. The molecule has 1 nitrogen and oxygen atoms in total. The van der Waals surface area contributed by atoms with Crippen molar-refractivity contribution in [2.75, 3.05) is 6.54 Å². The Morgan fingerprint density at radius 3 is 2.36 bits per heavy atom. The van der Waals surface area contributed by atoms with Crippen LogP contribution in [0.25, 0.3) is 0 Å². The van der Waals surface area contributed by atoms with Crippen LogP contribution in [0.15, 0.2) is 11.6 Å². The Morgan fingerprint density at radius 1 is 1.14 bits per heavy atom. The van der Waals surface area contributed by atoms with Crippen LogP contribution >= 0.6 is 0 Å². The molecule has 2 fully saturated rings. The fraction of sp³-hybridized carbons (Fsp3) is 0.846. The summed E-state index contributed by atoms with van der Waals surface area (Å²) in [6.07, 6.45) is 9.71. The summed E-state index contributed by atoms with van der Waals surface area (Å²) in [5, 5.41) is 3.74. The predicted molar refractivity (Wildman–Crippen MR) is 61.3 cm³/mol. The van der Waals surface area contributed by atoms with Gasteiger partial charge in [0.1, 0.15) is 0 Å². The summed E-state index contributed by atoms with van der Waals surface area (Å²) in [6, 6.07) is 0.847. The summed E-state index contributed by atoms with van der Waals surface area (Å²) in [5.41, 5.74) is 1.43. The van der Waals surface area contributed by atoms with E-state index in [0.717, 1.165) is 24.4 Å². The lowest BCUT2D eigenvalue weighted by Gasteiger charge is -2.30. The molecule has 1 N–H and O–H groups in total. The van der Waals surface area contributed by atoms with Crippen LogP contribution in [0.3, 0.4) is 0 Å². The minimum Gasteiger partial charge on any atom is -0.310 e. The summed E-state index contributed by atoms with van der Waals surface area (Å²) < 4.78 is 0. The van der Waals surface area contributed by atoms with Crippen molar-refractivity contribution in [1.82, 2.24) is 5.32 Å². The van der Waals surface area contributed by atoms with Gasteiger partial charge in [-0.3, -0.25) is 0 Å². The molecular weight excluding hydrogens is 170 g/mol. The fourth-order valence-corrected chi connectivity index (χ4v) is 3.19. The van der Waals surface area contributed by atoms with E-state index in [9.17, 15) is 0 Å². The molecule has 2 rings (SSSR count). The zero-order valence-corrected chi connectivity index (χ0v) is 9.55. The van der Waals surface area contributed by atoms with Gasteiger partial charge in [-0.1, -0.05) is 18.1 Å². The molecule has 2 saturated carbocycles. The summed E-state index contributed by atoms with van der Waals surface area (Å²) in [7, 11) is 0. The molecule has 0 radical (unpaired) electrons. The summed E-state index contributed by atoms with van der Waals surface area (Å²) in [5.74, 6) is 2.00. The van der Waals surface area contributed by atoms with E-state index in [1.807, 2.05) is 0 Å². The molecule has 0 saturated heterocycles. The predicted octanol–water partition coefficient (Wildman–Crippen LogP) is 3.12. The van der Waals surface area contributed by atoms with Gasteiger partial charge in [0, 0.05) is 12.6 Å². The zero-order valence-electron chi connectivity index (χ0n) is 9.55. The molecule has 0 spiro atoms. The van der Waals surface area contributed by atoms with Crippen molar-refractivity contribution in [3.63, 3.8) is 0 Å². The number of hydrogen-bond acceptors (Lipinski definition) is 1. The molecule has 0 aromatic carbocycles. The Balaban J connectivity index is 1.83. The van der Waals surface area contributed by atoms with E-state index in [4.69, 9.17) is 0 Å². The second-order valence-electron chi connectivity index (χ2n) is 5.24. The van der Waals surface area contributed by atoms with Crippen molar-refractivity contribution in [3.05, 3.63) is 11.6 Å². The number of rotatable bonds is 3. The minimum absolute atomic E-state index is 0.847. The third-order valence-corrected chi connectivity index (χ3v) is 3.94. The van der Waals surface area contributed by atoms with Gasteiger partial charge in [-0.25, -0.2) is 0 Å². The lowest BCUT2D eigenvalue weighted by molar-refractivity contribution is 0.262. The van der Waals surface area contributed by atoms with Crippen LogP contribution < -0.4 is 5.32 Å². The average molecular weight is 193 g/mol. The van der Waals surface area contributed by atoms with Gasteiger partial charge >= 0.3 is 0 Å². The number of hydrogen-bond donors (Lipinski definition) is 1. The van der Waals surface area contributed by atoms with Gasteiger partial charge in [0.15, 0.2) is 0 Å². The second-order valence-corrected chi connectivity index (χ2v) is 5.24. The highest BCUT2D eigenvalue weighted by Gasteiger charge is 2.37. The van der Waals surface area contributed by atoms with Crippen LogP contribution in [0, 0.1) is 11.8 Å². The molecule has 0 amide bonds. The van der Waals surface area contributed by atoms with Gasteiger partial charge in [0.2, 0.25) is 0 Å². The molecular formula is C13H23N. The Bertz CT molecular complexity index is 199. The van der Waals surface area contributed by atoms with Gasteiger partial charge in [-0.15, -0.1) is 0 Å². The van der Waals surface area contributed by atoms with E-state index in [1.54, 1.807) is 0 Å². The SMILES string of the molecule is CC(C)=CCNC1C2CCCC1CC2. The normalized spacial score (nSPS) is 35.7. The largest absolute Gasteiger partial charge is 0.310 e. The van der Waals surface area contributed by atoms with Crippen LogP contribution in [0.4, 0.5) is 0 Å². The Morgan fingerprint density at radius 2 is 1.79 bits per heavy atom. The van der Waals surface area contributed by atoms with Crippen LogP contribution in [-0.2, 0) is 0 Å². The van der Waals surface area contributed by atoms with E-state index in [2.05, 4.69) is 25.2 Å². The first-order valence-corrected chi connectivity index (χ1v) is 6.14. The van der Waals surface area contributed by atoms with Gasteiger partial charge in [-0.2, -0.15) is 0 Å². The maximum absolute atomic E-state index is 3.74. The second kappa shape index (κ2) is 4.48. The standard InChI is InChI=1S/C13H23N/c1-10(2)8-9-14-13-11-4-3-5-12(13)7-6-11/h8,11-14H,3-7,9H2,1-2H3. The van der Waals surface area contributed by atoms with Crippen LogP contribution in [0.5, 0.6) is 0 Å². The third kappa shape index (κ3) is 2.20. The molecule has 0 aromatic rings. The number of nitrogens with one attached hydrogen (secondary N) is 1. The van der Waals surface area contributed by atoms with E-state index in [-0.39, 0.29) is 0 Å². The highest BCUT2D eigenvalue weighted by atomic mass is 14.9. The molecule has 2 unspecified atom stereocenters. The van der Waals surface area contributed by atoms with E-state index < -0.39 is 0 Å². The van der Waals surface area contributed by atoms with E-state index >= 15 is 0 Å². The van der Waals surface area contributed by atoms with Crippen LogP contribution in [-0.4, -0.2) is 12.6 Å². The monoisotopic (exact) mass is 193 g/mol. The smallest absolute Gasteiger partial charge is 0.0140 e. The lowest BCUT2D eigenvalue weighted by atomic mass is 9.84. The maximum Gasteiger partial charge on any atom is 0.0140 e. The Labute approximate surface area is 88.0 Å². The fourth-order valence-electron chi connectivity index (χ4n) is 3.19. The van der Waals surface area contributed by atoms with Gasteiger partial charge in [-0.05, 0) is 51.4 Å². The van der Waals surface area contributed by atoms with E-state index in [0.29, 0.717) is 0 Å². The molecule has 0 heterocycles. The minimum atomic E-state index is 0.847. The maximum atomic E-state index is 3.74. The number of fused-ring (bicyclic) bond motifs is 2. The molecule has 80 valence electrons. The van der Waals surface area contributed by atoms with Crippen molar-refractivity contribution < 1.29 is 0 Å². The first-order valence-electron chi connectivity index (χ1n) is 6.14. The highest BCUT2D eigenvalue weighted by molar-refractivity contribution is 4.98. The van der Waals surface area contributed by atoms with Gasteiger partial charge < -0.3 is 5.32 Å². The molecule has 2 aliphatic rings. The van der Waals surface area contributed by atoms with Crippen LogP contribution in [0.2, 0.25) is 0 Å². The molecule has 1 heteroatoms. The first kappa shape index (κ1) is 10.2. The molecule has 0 aromatic heterocycles. The van der Waals surface area contributed by atoms with E-state index in [1.165, 1.54) is 37.7 Å². The van der Waals surface area contributed by atoms with Gasteiger partial charge in [0.05, 0.1) is 0 Å². The van der Waals surface area contributed by atoms with Crippen molar-refractivity contribution in [2.45, 2.75) is 52.0 Å². The van der Waals surface area contributed by atoms with Crippen molar-refractivity contribution in [3.8, 4) is 0 Å². The molecule has 2 bridgehead atoms. The van der Waals surface area contributed by atoms with Crippen molar-refractivity contribution in [1.29, 1.82) is 0 Å². The first-order chi connectivity index (χ1) is 6.77. The average Bonchev–Trinajstić information content (AvgIpc) is 2.39. The molecule has 2 aliphatic carbocycles. The van der Waals surface area contributed by atoms with Crippen LogP contribution in [0.1, 0.15) is 46.0 Å². The zero-order chi connectivity index (χ0) is 9.97. The molecule has 14 heavy (non-hydrogen) atoms. The lowest BCUT2D eigenvalue weighted by Crippen LogP contribution is -2.40. The third-order valence-electron chi connectivity index (χ3n) is 3.94. The summed E-state index contributed by atoms with van der Waals surface area (Å²) in [6.45, 7) is 5.44. The quantitative estimate of drug-likeness (QED) is 0.679. The molecule has 2 atom stereocenters. The Kier molecular flexibility index (Phi) is 3.27. The number of allylic oxidation sites excluding steroid dienone is 1. The van der Waals surface area contributed by atoms with Crippen molar-refractivity contribution >= 4 is 0 Å². The van der Waals surface area contributed by atoms with Gasteiger partial charge in [0.25, 0.3) is 0 Å².